The summed E-state index contributed by atoms with van der Waals surface area (Å²) >= 11 is 0. The van der Waals surface area contributed by atoms with E-state index < -0.39 is 0 Å². The molecule has 0 radical (unpaired) electrons. The number of fused-ring (bicyclic) bond motifs is 1. The molecule has 4 heteroatoms. The molecule has 102 valence electrons. The van der Waals surface area contributed by atoms with E-state index in [0.29, 0.717) is 12.0 Å². The number of urea groups is 1. The molecule has 3 N–H and O–H groups in total. The van der Waals surface area contributed by atoms with Crippen LogP contribution in [0.1, 0.15) is 43.4 Å². The van der Waals surface area contributed by atoms with Gasteiger partial charge in [0.05, 0.1) is 0 Å². The van der Waals surface area contributed by atoms with Crippen molar-refractivity contribution in [2.75, 3.05) is 12.4 Å². The highest BCUT2D eigenvalue weighted by molar-refractivity contribution is 5.92. The van der Waals surface area contributed by atoms with E-state index in [1.165, 1.54) is 18.4 Å². The standard InChI is InChI=1S/C15H21N3O/c1-15(5-6-15)8-12(16)10-3-4-13-11(7-10)9-18(2)14(19)17-13/h3-4,7,12H,5-6,8-9,16H2,1-2H3,(H,17,19). The fourth-order valence-corrected chi connectivity index (χ4v) is 2.70. The number of nitrogens with one attached hydrogen (secondary N) is 1. The first-order chi connectivity index (χ1) is 8.97. The van der Waals surface area contributed by atoms with E-state index in [-0.39, 0.29) is 12.1 Å². The van der Waals surface area contributed by atoms with Crippen molar-refractivity contribution in [2.24, 2.45) is 11.1 Å². The lowest BCUT2D eigenvalue weighted by molar-refractivity contribution is 0.218. The van der Waals surface area contributed by atoms with Gasteiger partial charge in [-0.1, -0.05) is 19.1 Å². The zero-order valence-corrected chi connectivity index (χ0v) is 11.6. The van der Waals surface area contributed by atoms with E-state index in [9.17, 15) is 4.79 Å². The summed E-state index contributed by atoms with van der Waals surface area (Å²) in [5.74, 6) is 0. The Morgan fingerprint density at radius 1 is 1.47 bits per heavy atom. The molecule has 1 aromatic rings. The SMILES string of the molecule is CN1Cc2cc(C(N)CC3(C)CC3)ccc2NC1=O. The lowest BCUT2D eigenvalue weighted by Crippen LogP contribution is -2.35. The molecule has 1 saturated carbocycles. The molecular weight excluding hydrogens is 238 g/mol. The number of nitrogens with zero attached hydrogens (tertiary/aromatic N) is 1. The van der Waals surface area contributed by atoms with Gasteiger partial charge in [0.25, 0.3) is 0 Å². The van der Waals surface area contributed by atoms with Gasteiger partial charge in [0.15, 0.2) is 0 Å². The molecule has 1 fully saturated rings. The largest absolute Gasteiger partial charge is 0.324 e. The number of benzene rings is 1. The Morgan fingerprint density at radius 2 is 2.21 bits per heavy atom. The highest BCUT2D eigenvalue weighted by Crippen LogP contribution is 2.50. The predicted molar refractivity (Wildman–Crippen MR) is 75.8 cm³/mol. The lowest BCUT2D eigenvalue weighted by Gasteiger charge is -2.27. The molecule has 1 heterocycles. The first kappa shape index (κ1) is 12.5. The van der Waals surface area contributed by atoms with Crippen molar-refractivity contribution < 1.29 is 4.79 Å². The molecule has 1 unspecified atom stereocenters. The average Bonchev–Trinajstić information content (AvgIpc) is 3.07. The van der Waals surface area contributed by atoms with Crippen LogP contribution >= 0.6 is 0 Å². The Morgan fingerprint density at radius 3 is 2.89 bits per heavy atom. The molecule has 19 heavy (non-hydrogen) atoms. The number of rotatable bonds is 3. The molecular formula is C15H21N3O. The second-order valence-electron chi connectivity index (χ2n) is 6.32. The van der Waals surface area contributed by atoms with Gasteiger partial charge in [-0.05, 0) is 41.9 Å². The molecule has 1 atom stereocenters. The van der Waals surface area contributed by atoms with E-state index in [1.807, 2.05) is 12.1 Å². The number of amides is 2. The molecule has 0 bridgehead atoms. The third kappa shape index (κ3) is 2.45. The number of carbonyl (C=O) groups excluding carboxylic acids is 1. The van der Waals surface area contributed by atoms with Gasteiger partial charge in [-0.15, -0.1) is 0 Å². The topological polar surface area (TPSA) is 58.4 Å². The quantitative estimate of drug-likeness (QED) is 0.877. The minimum atomic E-state index is -0.0463. The van der Waals surface area contributed by atoms with Gasteiger partial charge >= 0.3 is 6.03 Å². The molecule has 0 saturated heterocycles. The summed E-state index contributed by atoms with van der Waals surface area (Å²) < 4.78 is 0. The van der Waals surface area contributed by atoms with Gasteiger partial charge in [-0.2, -0.15) is 0 Å². The smallest absolute Gasteiger partial charge is 0.321 e. The van der Waals surface area contributed by atoms with Crippen LogP contribution < -0.4 is 11.1 Å². The molecule has 1 aliphatic heterocycles. The second-order valence-corrected chi connectivity index (χ2v) is 6.32. The normalized spacial score (nSPS) is 21.6. The summed E-state index contributed by atoms with van der Waals surface area (Å²) in [4.78, 5) is 13.2. The monoisotopic (exact) mass is 259 g/mol. The van der Waals surface area contributed by atoms with Gasteiger partial charge in [0, 0.05) is 25.3 Å². The molecule has 0 spiro atoms. The second kappa shape index (κ2) is 4.23. The highest BCUT2D eigenvalue weighted by atomic mass is 16.2. The molecule has 1 aromatic carbocycles. The Labute approximate surface area is 114 Å². The number of nitrogens with two attached hydrogens (primary N) is 1. The van der Waals surface area contributed by atoms with Crippen LogP contribution in [0, 0.1) is 5.41 Å². The van der Waals surface area contributed by atoms with E-state index in [2.05, 4.69) is 18.3 Å². The van der Waals surface area contributed by atoms with Crippen LogP contribution in [0.25, 0.3) is 0 Å². The maximum Gasteiger partial charge on any atom is 0.321 e. The summed E-state index contributed by atoms with van der Waals surface area (Å²) in [6.07, 6.45) is 3.64. The van der Waals surface area contributed by atoms with Crippen molar-refractivity contribution in [3.05, 3.63) is 29.3 Å². The van der Waals surface area contributed by atoms with E-state index in [0.717, 1.165) is 17.7 Å². The molecule has 4 nitrogen and oxygen atoms in total. The summed E-state index contributed by atoms with van der Waals surface area (Å²) in [6, 6.07) is 6.21. The number of carbonyl (C=O) groups is 1. The highest BCUT2D eigenvalue weighted by Gasteiger charge is 2.38. The summed E-state index contributed by atoms with van der Waals surface area (Å²) in [7, 11) is 1.80. The number of hydrogen-bond donors (Lipinski definition) is 2. The van der Waals surface area contributed by atoms with Crippen LogP contribution in [-0.2, 0) is 6.54 Å². The Hall–Kier alpha value is -1.55. The van der Waals surface area contributed by atoms with Crippen molar-refractivity contribution in [1.82, 2.24) is 4.90 Å². The van der Waals surface area contributed by atoms with Crippen LogP contribution in [0.3, 0.4) is 0 Å². The molecule has 0 aromatic heterocycles. The minimum Gasteiger partial charge on any atom is -0.324 e. The van der Waals surface area contributed by atoms with Crippen LogP contribution in [0.4, 0.5) is 10.5 Å². The van der Waals surface area contributed by atoms with Crippen LogP contribution in [0.5, 0.6) is 0 Å². The van der Waals surface area contributed by atoms with Crippen molar-refractivity contribution in [2.45, 2.75) is 38.8 Å². The predicted octanol–water partition coefficient (Wildman–Crippen LogP) is 2.85. The van der Waals surface area contributed by atoms with Crippen LogP contribution in [-0.4, -0.2) is 18.0 Å². The number of anilines is 1. The lowest BCUT2D eigenvalue weighted by atomic mass is 9.93. The Kier molecular flexibility index (Phi) is 2.78. The van der Waals surface area contributed by atoms with E-state index in [1.54, 1.807) is 11.9 Å². The van der Waals surface area contributed by atoms with Crippen molar-refractivity contribution in [3.8, 4) is 0 Å². The van der Waals surface area contributed by atoms with Crippen LogP contribution in [0.15, 0.2) is 18.2 Å². The van der Waals surface area contributed by atoms with Crippen molar-refractivity contribution in [3.63, 3.8) is 0 Å². The van der Waals surface area contributed by atoms with Gasteiger partial charge in [0.1, 0.15) is 0 Å². The maximum atomic E-state index is 11.6. The Balaban J connectivity index is 1.81. The minimum absolute atomic E-state index is 0.0463. The van der Waals surface area contributed by atoms with Crippen molar-refractivity contribution >= 4 is 11.7 Å². The van der Waals surface area contributed by atoms with Gasteiger partial charge in [0.2, 0.25) is 0 Å². The number of hydrogen-bond acceptors (Lipinski definition) is 2. The van der Waals surface area contributed by atoms with Gasteiger partial charge in [-0.3, -0.25) is 0 Å². The zero-order valence-electron chi connectivity index (χ0n) is 11.6. The van der Waals surface area contributed by atoms with E-state index >= 15 is 0 Å². The van der Waals surface area contributed by atoms with Crippen molar-refractivity contribution in [1.29, 1.82) is 0 Å². The summed E-state index contributed by atoms with van der Waals surface area (Å²) in [5.41, 5.74) is 10.0. The van der Waals surface area contributed by atoms with Crippen LogP contribution in [0.2, 0.25) is 0 Å². The fraction of sp³-hybridized carbons (Fsp3) is 0.533. The first-order valence-electron chi connectivity index (χ1n) is 6.87. The fourth-order valence-electron chi connectivity index (χ4n) is 2.70. The molecule has 2 aliphatic rings. The molecule has 2 amide bonds. The van der Waals surface area contributed by atoms with Gasteiger partial charge < -0.3 is 16.0 Å². The zero-order chi connectivity index (χ0) is 13.6. The Bertz CT molecular complexity index is 522. The average molecular weight is 259 g/mol. The molecule has 3 rings (SSSR count). The maximum absolute atomic E-state index is 11.6. The first-order valence-corrected chi connectivity index (χ1v) is 6.87. The summed E-state index contributed by atoms with van der Waals surface area (Å²) in [5, 5.41) is 2.88. The molecule has 1 aliphatic carbocycles. The van der Waals surface area contributed by atoms with E-state index in [4.69, 9.17) is 5.73 Å². The third-order valence-corrected chi connectivity index (χ3v) is 4.37. The third-order valence-electron chi connectivity index (χ3n) is 4.37. The summed E-state index contributed by atoms with van der Waals surface area (Å²) in [6.45, 7) is 2.96. The van der Waals surface area contributed by atoms with Gasteiger partial charge in [-0.25, -0.2) is 4.79 Å².